The molecule has 0 unspecified atom stereocenters. The van der Waals surface area contributed by atoms with Crippen LogP contribution in [0.5, 0.6) is 0 Å². The second kappa shape index (κ2) is 4.73. The molecular formula is C15H15BrN2. The number of hydrogen-bond acceptors (Lipinski definition) is 2. The number of rotatable bonds is 1. The Kier molecular flexibility index (Phi) is 3.08. The van der Waals surface area contributed by atoms with E-state index in [9.17, 15) is 0 Å². The second-order valence-corrected chi connectivity index (χ2v) is 5.64. The fraction of sp³-hybridized carbons (Fsp3) is 0.267. The van der Waals surface area contributed by atoms with Gasteiger partial charge in [-0.05, 0) is 55.2 Å². The van der Waals surface area contributed by atoms with Gasteiger partial charge < -0.3 is 4.90 Å². The molecule has 0 N–H and O–H groups in total. The molecule has 0 atom stereocenters. The molecule has 18 heavy (non-hydrogen) atoms. The van der Waals surface area contributed by atoms with Gasteiger partial charge >= 0.3 is 0 Å². The fourth-order valence-electron chi connectivity index (χ4n) is 2.45. The van der Waals surface area contributed by atoms with Crippen LogP contribution in [-0.4, -0.2) is 11.5 Å². The van der Waals surface area contributed by atoms with Crippen LogP contribution in [0.2, 0.25) is 0 Å². The molecule has 0 radical (unpaired) electrons. The summed E-state index contributed by atoms with van der Waals surface area (Å²) < 4.78 is 1.13. The lowest BCUT2D eigenvalue weighted by Crippen LogP contribution is -2.25. The molecule has 0 aliphatic carbocycles. The van der Waals surface area contributed by atoms with Crippen molar-refractivity contribution in [2.75, 3.05) is 11.4 Å². The normalized spacial score (nSPS) is 14.4. The Bertz CT molecular complexity index is 580. The van der Waals surface area contributed by atoms with Crippen LogP contribution >= 0.6 is 15.9 Å². The molecule has 0 bridgehead atoms. The maximum absolute atomic E-state index is 4.50. The highest BCUT2D eigenvalue weighted by Crippen LogP contribution is 2.34. The van der Waals surface area contributed by atoms with E-state index in [2.05, 4.69) is 57.0 Å². The summed E-state index contributed by atoms with van der Waals surface area (Å²) in [6.07, 6.45) is 4.23. The number of anilines is 2. The third-order valence-electron chi connectivity index (χ3n) is 3.34. The quantitative estimate of drug-likeness (QED) is 0.783. The molecular weight excluding hydrogens is 288 g/mol. The Morgan fingerprint density at radius 1 is 1.22 bits per heavy atom. The molecule has 1 aliphatic heterocycles. The van der Waals surface area contributed by atoms with Gasteiger partial charge in [-0.15, -0.1) is 0 Å². The van der Waals surface area contributed by atoms with E-state index in [0.29, 0.717) is 0 Å². The molecule has 0 saturated carbocycles. The summed E-state index contributed by atoms with van der Waals surface area (Å²) in [5.74, 6) is 1.05. The van der Waals surface area contributed by atoms with Crippen molar-refractivity contribution in [3.8, 4) is 0 Å². The first-order valence-electron chi connectivity index (χ1n) is 6.23. The van der Waals surface area contributed by atoms with Crippen molar-refractivity contribution in [2.24, 2.45) is 0 Å². The lowest BCUT2D eigenvalue weighted by Gasteiger charge is -2.30. The van der Waals surface area contributed by atoms with Crippen LogP contribution in [0.1, 0.15) is 17.5 Å². The molecule has 2 aromatic rings. The van der Waals surface area contributed by atoms with E-state index in [1.165, 1.54) is 23.2 Å². The van der Waals surface area contributed by atoms with Crippen molar-refractivity contribution in [2.45, 2.75) is 19.8 Å². The van der Waals surface area contributed by atoms with E-state index in [0.717, 1.165) is 23.3 Å². The van der Waals surface area contributed by atoms with Crippen LogP contribution in [0.15, 0.2) is 41.0 Å². The van der Waals surface area contributed by atoms with Gasteiger partial charge in [0.05, 0.1) is 0 Å². The topological polar surface area (TPSA) is 16.1 Å². The number of fused-ring (bicyclic) bond motifs is 1. The summed E-state index contributed by atoms with van der Waals surface area (Å²) in [4.78, 5) is 6.82. The van der Waals surface area contributed by atoms with Crippen LogP contribution in [-0.2, 0) is 6.42 Å². The van der Waals surface area contributed by atoms with Gasteiger partial charge in [0.1, 0.15) is 5.82 Å². The largest absolute Gasteiger partial charge is 0.326 e. The first-order valence-corrected chi connectivity index (χ1v) is 7.02. The number of hydrogen-bond donors (Lipinski definition) is 0. The van der Waals surface area contributed by atoms with Crippen LogP contribution in [0.25, 0.3) is 0 Å². The van der Waals surface area contributed by atoms with Crippen molar-refractivity contribution < 1.29 is 0 Å². The number of nitrogens with zero attached hydrogens (tertiary/aromatic N) is 2. The zero-order valence-corrected chi connectivity index (χ0v) is 11.9. The minimum Gasteiger partial charge on any atom is -0.326 e. The summed E-state index contributed by atoms with van der Waals surface area (Å²) in [5, 5.41) is 0. The van der Waals surface area contributed by atoms with Crippen molar-refractivity contribution in [1.82, 2.24) is 4.98 Å². The fourth-order valence-corrected chi connectivity index (χ4v) is 2.80. The number of benzene rings is 1. The first kappa shape index (κ1) is 11.7. The lowest BCUT2D eigenvalue weighted by molar-refractivity contribution is 0.759. The van der Waals surface area contributed by atoms with Gasteiger partial charge in [-0.25, -0.2) is 4.98 Å². The molecule has 0 saturated heterocycles. The summed E-state index contributed by atoms with van der Waals surface area (Å²) >= 11 is 3.56. The van der Waals surface area contributed by atoms with Crippen molar-refractivity contribution in [3.05, 3.63) is 52.1 Å². The van der Waals surface area contributed by atoms with Crippen LogP contribution in [0.3, 0.4) is 0 Å². The second-order valence-electron chi connectivity index (χ2n) is 4.72. The standard InChI is InChI=1S/C15H15BrN2/c1-11-6-7-17-15(9-11)18-8-2-3-12-4-5-13(16)10-14(12)18/h4-7,9-10H,2-3,8H2,1H3. The average molecular weight is 303 g/mol. The van der Waals surface area contributed by atoms with Gasteiger partial charge in [-0.3, -0.25) is 0 Å². The van der Waals surface area contributed by atoms with E-state index < -0.39 is 0 Å². The number of pyridine rings is 1. The van der Waals surface area contributed by atoms with Gasteiger partial charge in [-0.1, -0.05) is 22.0 Å². The summed E-state index contributed by atoms with van der Waals surface area (Å²) in [7, 11) is 0. The third kappa shape index (κ3) is 2.15. The van der Waals surface area contributed by atoms with E-state index in [-0.39, 0.29) is 0 Å². The molecule has 0 fully saturated rings. The minimum atomic E-state index is 1.04. The van der Waals surface area contributed by atoms with Crippen LogP contribution in [0, 0.1) is 6.92 Å². The maximum Gasteiger partial charge on any atom is 0.133 e. The number of halogens is 1. The van der Waals surface area contributed by atoms with Gasteiger partial charge in [0, 0.05) is 22.9 Å². The van der Waals surface area contributed by atoms with E-state index in [4.69, 9.17) is 0 Å². The molecule has 1 aliphatic rings. The third-order valence-corrected chi connectivity index (χ3v) is 3.84. The molecule has 3 heteroatoms. The highest BCUT2D eigenvalue weighted by Gasteiger charge is 2.19. The Morgan fingerprint density at radius 2 is 2.11 bits per heavy atom. The molecule has 0 spiro atoms. The highest BCUT2D eigenvalue weighted by molar-refractivity contribution is 9.10. The summed E-state index contributed by atoms with van der Waals surface area (Å²) in [6, 6.07) is 10.7. The first-order chi connectivity index (χ1) is 8.74. The Balaban J connectivity index is 2.08. The summed E-state index contributed by atoms with van der Waals surface area (Å²) in [6.45, 7) is 3.15. The lowest BCUT2D eigenvalue weighted by atomic mass is 10.0. The van der Waals surface area contributed by atoms with Crippen molar-refractivity contribution >= 4 is 27.4 Å². The van der Waals surface area contributed by atoms with Crippen LogP contribution in [0.4, 0.5) is 11.5 Å². The minimum absolute atomic E-state index is 1.04. The summed E-state index contributed by atoms with van der Waals surface area (Å²) in [5.41, 5.74) is 3.95. The zero-order valence-electron chi connectivity index (χ0n) is 10.4. The predicted molar refractivity (Wildman–Crippen MR) is 78.4 cm³/mol. The number of aromatic nitrogens is 1. The molecule has 2 nitrogen and oxygen atoms in total. The maximum atomic E-state index is 4.50. The Morgan fingerprint density at radius 3 is 2.94 bits per heavy atom. The van der Waals surface area contributed by atoms with E-state index in [1.54, 1.807) is 0 Å². The SMILES string of the molecule is Cc1ccnc(N2CCCc3ccc(Br)cc32)c1. The van der Waals surface area contributed by atoms with Gasteiger partial charge in [-0.2, -0.15) is 0 Å². The predicted octanol–water partition coefficient (Wildman–Crippen LogP) is 4.24. The van der Waals surface area contributed by atoms with Crippen molar-refractivity contribution in [1.29, 1.82) is 0 Å². The van der Waals surface area contributed by atoms with Gasteiger partial charge in [0.2, 0.25) is 0 Å². The Labute approximate surface area is 116 Å². The molecule has 3 rings (SSSR count). The monoisotopic (exact) mass is 302 g/mol. The Hall–Kier alpha value is -1.35. The molecule has 2 heterocycles. The average Bonchev–Trinajstić information content (AvgIpc) is 2.38. The van der Waals surface area contributed by atoms with Gasteiger partial charge in [0.15, 0.2) is 0 Å². The molecule has 92 valence electrons. The molecule has 1 aromatic carbocycles. The zero-order chi connectivity index (χ0) is 12.5. The van der Waals surface area contributed by atoms with E-state index >= 15 is 0 Å². The van der Waals surface area contributed by atoms with Crippen molar-refractivity contribution in [3.63, 3.8) is 0 Å². The molecule has 1 aromatic heterocycles. The number of aryl methyl sites for hydroxylation is 2. The van der Waals surface area contributed by atoms with Gasteiger partial charge in [0.25, 0.3) is 0 Å². The smallest absolute Gasteiger partial charge is 0.133 e. The van der Waals surface area contributed by atoms with Crippen LogP contribution < -0.4 is 4.90 Å². The highest BCUT2D eigenvalue weighted by atomic mass is 79.9. The molecule has 0 amide bonds. The van der Waals surface area contributed by atoms with E-state index in [1.807, 2.05) is 12.3 Å².